The zero-order valence-corrected chi connectivity index (χ0v) is 25.6. The molecule has 0 aliphatic carbocycles. The minimum absolute atomic E-state index is 0.0109. The quantitative estimate of drug-likeness (QED) is 0.153. The van der Waals surface area contributed by atoms with Gasteiger partial charge in [0.05, 0.1) is 51.6 Å². The van der Waals surface area contributed by atoms with E-state index >= 15 is 0 Å². The Morgan fingerprint density at radius 1 is 0.978 bits per heavy atom. The van der Waals surface area contributed by atoms with Gasteiger partial charge in [-0.25, -0.2) is 22.2 Å². The SMILES string of the molecule is N#Cc1cnc2c(Cl)cc(N[C@@H](c3ccc(F)cc3)c3cn(C4CCN(CC(F)F)CC4)nn3)cc2c1Nc1ccc(F)c(Cl)c1. The molecule has 6 rings (SSSR count). The number of alkyl halides is 2. The van der Waals surface area contributed by atoms with Crippen molar-refractivity contribution in [3.8, 4) is 6.07 Å². The minimum atomic E-state index is -2.38. The maximum absolute atomic E-state index is 13.9. The molecule has 3 heterocycles. The zero-order valence-electron chi connectivity index (χ0n) is 24.1. The summed E-state index contributed by atoms with van der Waals surface area (Å²) < 4.78 is 55.2. The Balaban J connectivity index is 1.35. The van der Waals surface area contributed by atoms with Gasteiger partial charge >= 0.3 is 0 Å². The fourth-order valence-electron chi connectivity index (χ4n) is 5.59. The van der Waals surface area contributed by atoms with Crippen LogP contribution < -0.4 is 10.6 Å². The summed E-state index contributed by atoms with van der Waals surface area (Å²) >= 11 is 12.7. The molecule has 0 unspecified atom stereocenters. The molecule has 0 spiro atoms. The monoisotopic (exact) mass is 668 g/mol. The Bertz CT molecular complexity index is 1900. The Morgan fingerprint density at radius 3 is 2.41 bits per heavy atom. The van der Waals surface area contributed by atoms with Gasteiger partial charge in [0.2, 0.25) is 0 Å². The second kappa shape index (κ2) is 13.5. The number of pyridine rings is 1. The molecule has 14 heteroatoms. The van der Waals surface area contributed by atoms with Gasteiger partial charge in [0.25, 0.3) is 6.43 Å². The normalized spacial score (nSPS) is 14.8. The van der Waals surface area contributed by atoms with Crippen LogP contribution in [0.5, 0.6) is 0 Å². The van der Waals surface area contributed by atoms with E-state index in [4.69, 9.17) is 23.2 Å². The predicted molar refractivity (Wildman–Crippen MR) is 169 cm³/mol. The number of halogens is 6. The number of aromatic nitrogens is 4. The van der Waals surface area contributed by atoms with Gasteiger partial charge in [-0.2, -0.15) is 5.26 Å². The molecule has 3 aromatic carbocycles. The van der Waals surface area contributed by atoms with Crippen molar-refractivity contribution >= 4 is 51.2 Å². The van der Waals surface area contributed by atoms with Gasteiger partial charge in [0.1, 0.15) is 23.4 Å². The first-order chi connectivity index (χ1) is 22.2. The van der Waals surface area contributed by atoms with Crippen LogP contribution in [0.3, 0.4) is 0 Å². The van der Waals surface area contributed by atoms with E-state index < -0.39 is 24.1 Å². The molecule has 0 amide bonds. The number of nitrogens with one attached hydrogen (secondary N) is 2. The van der Waals surface area contributed by atoms with Gasteiger partial charge in [-0.15, -0.1) is 5.10 Å². The average Bonchev–Trinajstić information content (AvgIpc) is 3.53. The molecule has 0 saturated carbocycles. The fourth-order valence-corrected chi connectivity index (χ4v) is 6.04. The van der Waals surface area contributed by atoms with Gasteiger partial charge in [-0.1, -0.05) is 40.5 Å². The van der Waals surface area contributed by atoms with Crippen molar-refractivity contribution in [2.75, 3.05) is 30.3 Å². The second-order valence-corrected chi connectivity index (χ2v) is 11.8. The van der Waals surface area contributed by atoms with Crippen LogP contribution in [0.15, 0.2) is 67.0 Å². The number of hydrogen-bond acceptors (Lipinski definition) is 7. The highest BCUT2D eigenvalue weighted by Crippen LogP contribution is 2.37. The number of piperidine rings is 1. The van der Waals surface area contributed by atoms with Crippen LogP contribution in [0.2, 0.25) is 10.0 Å². The third-order valence-corrected chi connectivity index (χ3v) is 8.48. The fraction of sp³-hybridized carbons (Fsp3) is 0.250. The first kappa shape index (κ1) is 31.5. The van der Waals surface area contributed by atoms with Crippen molar-refractivity contribution in [2.24, 2.45) is 0 Å². The van der Waals surface area contributed by atoms with E-state index in [0.29, 0.717) is 70.2 Å². The van der Waals surface area contributed by atoms with Gasteiger partial charge in [0, 0.05) is 36.0 Å². The summed E-state index contributed by atoms with van der Waals surface area (Å²) in [5, 5.41) is 26.0. The Kier molecular flexibility index (Phi) is 9.26. The third kappa shape index (κ3) is 6.87. The molecule has 2 aromatic heterocycles. The number of fused-ring (bicyclic) bond motifs is 1. The first-order valence-electron chi connectivity index (χ1n) is 14.4. The highest BCUT2D eigenvalue weighted by molar-refractivity contribution is 6.36. The molecule has 1 saturated heterocycles. The Hall–Kier alpha value is -4.44. The molecule has 1 aliphatic rings. The van der Waals surface area contributed by atoms with Crippen molar-refractivity contribution in [3.05, 3.63) is 105 Å². The van der Waals surface area contributed by atoms with E-state index in [1.807, 2.05) is 0 Å². The van der Waals surface area contributed by atoms with E-state index in [-0.39, 0.29) is 23.2 Å². The largest absolute Gasteiger partial charge is 0.373 e. The third-order valence-electron chi connectivity index (χ3n) is 7.90. The molecule has 1 atom stereocenters. The van der Waals surface area contributed by atoms with Crippen LogP contribution in [-0.2, 0) is 0 Å². The summed E-state index contributed by atoms with van der Waals surface area (Å²) in [6.45, 7) is 0.803. The maximum atomic E-state index is 13.9. The summed E-state index contributed by atoms with van der Waals surface area (Å²) in [5.41, 5.74) is 3.26. The van der Waals surface area contributed by atoms with Crippen molar-refractivity contribution in [2.45, 2.75) is 31.4 Å². The minimum Gasteiger partial charge on any atom is -0.373 e. The van der Waals surface area contributed by atoms with Crippen LogP contribution >= 0.6 is 23.2 Å². The van der Waals surface area contributed by atoms with E-state index in [9.17, 15) is 22.8 Å². The maximum Gasteiger partial charge on any atom is 0.251 e. The van der Waals surface area contributed by atoms with Gasteiger partial charge in [0.15, 0.2) is 0 Å². The molecule has 2 N–H and O–H groups in total. The van der Waals surface area contributed by atoms with Crippen molar-refractivity contribution < 1.29 is 17.6 Å². The zero-order chi connectivity index (χ0) is 32.4. The molecule has 8 nitrogen and oxygen atoms in total. The average molecular weight is 670 g/mol. The molecular formula is C32H26Cl2F4N8. The number of hydrogen-bond donors (Lipinski definition) is 2. The lowest BCUT2D eigenvalue weighted by Crippen LogP contribution is -2.37. The Labute approximate surface area is 271 Å². The number of likely N-dealkylation sites (tertiary alicyclic amines) is 1. The highest BCUT2D eigenvalue weighted by Gasteiger charge is 2.26. The molecule has 1 aliphatic heterocycles. The van der Waals surface area contributed by atoms with Crippen molar-refractivity contribution in [1.82, 2.24) is 24.9 Å². The summed E-state index contributed by atoms with van der Waals surface area (Å²) in [6.07, 6.45) is 2.11. The van der Waals surface area contributed by atoms with E-state index in [2.05, 4.69) is 32.0 Å². The first-order valence-corrected chi connectivity index (χ1v) is 15.1. The number of nitrogens with zero attached hydrogens (tertiary/aromatic N) is 6. The van der Waals surface area contributed by atoms with Crippen LogP contribution in [0.4, 0.5) is 34.6 Å². The molecule has 0 bridgehead atoms. The molecule has 0 radical (unpaired) electrons. The summed E-state index contributed by atoms with van der Waals surface area (Å²) in [6, 6.07) is 15.1. The van der Waals surface area contributed by atoms with Crippen molar-refractivity contribution in [1.29, 1.82) is 5.26 Å². The van der Waals surface area contributed by atoms with Crippen LogP contribution in [0.1, 0.15) is 41.7 Å². The van der Waals surface area contributed by atoms with E-state index in [1.54, 1.807) is 40.0 Å². The predicted octanol–water partition coefficient (Wildman–Crippen LogP) is 8.13. The highest BCUT2D eigenvalue weighted by atomic mass is 35.5. The standard InChI is InChI=1S/C32H26Cl2F4N8/c33-25-12-21(5-6-27(25)36)41-30-19(14-39)15-40-32-24(30)11-22(13-26(32)34)42-31(18-1-3-20(35)4-2-18)28-16-46(44-43-28)23-7-9-45(10-8-23)17-29(37)38/h1-6,11-13,15-16,23,29,31,42H,7-10,17H2,(H,40,41)/t31-/m0/s1. The molecule has 5 aromatic rings. The van der Waals surface area contributed by atoms with Gasteiger partial charge in [-0.3, -0.25) is 9.88 Å². The molecule has 236 valence electrons. The van der Waals surface area contributed by atoms with Crippen LogP contribution in [-0.4, -0.2) is 50.9 Å². The summed E-state index contributed by atoms with van der Waals surface area (Å²) in [5.74, 6) is -0.981. The number of nitriles is 1. The number of benzene rings is 3. The van der Waals surface area contributed by atoms with Crippen molar-refractivity contribution in [3.63, 3.8) is 0 Å². The topological polar surface area (TPSA) is 94.7 Å². The van der Waals surface area contributed by atoms with Crippen LogP contribution in [0, 0.1) is 23.0 Å². The lowest BCUT2D eigenvalue weighted by atomic mass is 10.0. The number of rotatable bonds is 9. The lowest BCUT2D eigenvalue weighted by molar-refractivity contribution is 0.0688. The van der Waals surface area contributed by atoms with E-state index in [1.165, 1.54) is 36.5 Å². The van der Waals surface area contributed by atoms with E-state index in [0.717, 1.165) is 0 Å². The Morgan fingerprint density at radius 2 is 1.72 bits per heavy atom. The van der Waals surface area contributed by atoms with Gasteiger partial charge < -0.3 is 10.6 Å². The smallest absolute Gasteiger partial charge is 0.251 e. The summed E-state index contributed by atoms with van der Waals surface area (Å²) in [4.78, 5) is 6.13. The second-order valence-electron chi connectivity index (χ2n) is 10.9. The lowest BCUT2D eigenvalue weighted by Gasteiger charge is -2.31. The molecule has 46 heavy (non-hydrogen) atoms. The molecule has 1 fully saturated rings. The van der Waals surface area contributed by atoms with Crippen LogP contribution in [0.25, 0.3) is 10.9 Å². The molecular weight excluding hydrogens is 643 g/mol. The summed E-state index contributed by atoms with van der Waals surface area (Å²) in [7, 11) is 0. The number of anilines is 3. The van der Waals surface area contributed by atoms with Gasteiger partial charge in [-0.05, 0) is 60.9 Å².